The number of carbonyl (C=O) groups is 1. The molecule has 2 N–H and O–H groups in total. The quantitative estimate of drug-likeness (QED) is 0.865. The molecule has 1 aliphatic heterocycles. The average molecular weight is 354 g/mol. The number of rotatable bonds is 5. The molecule has 0 radical (unpaired) electrons. The van der Waals surface area contributed by atoms with Crippen LogP contribution in [0.25, 0.3) is 0 Å². The third-order valence-corrected chi connectivity index (χ3v) is 4.49. The maximum Gasteiger partial charge on any atom is 0.245 e. The fourth-order valence-electron chi connectivity index (χ4n) is 3.15. The van der Waals surface area contributed by atoms with Gasteiger partial charge in [-0.1, -0.05) is 30.3 Å². The molecule has 2 aromatic rings. The number of amides is 1. The van der Waals surface area contributed by atoms with Crippen molar-refractivity contribution in [3.63, 3.8) is 0 Å². The number of aryl methyl sites for hydroxylation is 1. The van der Waals surface area contributed by atoms with Crippen LogP contribution in [0.4, 0.5) is 0 Å². The highest BCUT2D eigenvalue weighted by molar-refractivity contribution is 5.89. The smallest absolute Gasteiger partial charge is 0.245 e. The zero-order valence-electron chi connectivity index (χ0n) is 14.8. The third kappa shape index (κ3) is 3.41. The zero-order valence-corrected chi connectivity index (χ0v) is 14.8. The maximum atomic E-state index is 12.8. The van der Waals surface area contributed by atoms with E-state index in [2.05, 4.69) is 5.10 Å². The minimum Gasteiger partial charge on any atom is -0.508 e. The van der Waals surface area contributed by atoms with Crippen LogP contribution in [0.5, 0.6) is 11.5 Å². The van der Waals surface area contributed by atoms with Crippen LogP contribution in [0.15, 0.2) is 53.6 Å². The first kappa shape index (κ1) is 17.9. The van der Waals surface area contributed by atoms with E-state index in [9.17, 15) is 15.0 Å². The molecule has 6 heteroatoms. The molecule has 0 aromatic heterocycles. The van der Waals surface area contributed by atoms with Crippen molar-refractivity contribution in [2.75, 3.05) is 7.11 Å². The van der Waals surface area contributed by atoms with Crippen LogP contribution in [-0.2, 0) is 16.9 Å². The van der Waals surface area contributed by atoms with E-state index in [0.29, 0.717) is 29.0 Å². The van der Waals surface area contributed by atoms with Crippen molar-refractivity contribution in [1.82, 2.24) is 5.01 Å². The van der Waals surface area contributed by atoms with Gasteiger partial charge in [-0.25, -0.2) is 0 Å². The topological polar surface area (TPSA) is 82.4 Å². The van der Waals surface area contributed by atoms with E-state index in [1.165, 1.54) is 0 Å². The number of phenols is 1. The highest BCUT2D eigenvalue weighted by atomic mass is 16.5. The number of para-hydroxylation sites is 1. The summed E-state index contributed by atoms with van der Waals surface area (Å²) < 4.78 is 5.22. The number of hydrogen-bond acceptors (Lipinski definition) is 5. The van der Waals surface area contributed by atoms with E-state index in [0.717, 1.165) is 5.01 Å². The van der Waals surface area contributed by atoms with Crippen molar-refractivity contribution < 1.29 is 19.7 Å². The molecule has 0 unspecified atom stereocenters. The molecule has 1 aliphatic rings. The fraction of sp³-hybridized carbons (Fsp3) is 0.300. The van der Waals surface area contributed by atoms with Gasteiger partial charge in [0.05, 0.1) is 7.11 Å². The number of phenolic OH excluding ortho intramolecular Hbond substituents is 1. The SMILES string of the molecule is COc1cccc([C@@]2(O)CC(C)=NN2C(=O)CCc2ccccc2O)c1. The molecule has 136 valence electrons. The Kier molecular flexibility index (Phi) is 4.95. The Bertz CT molecular complexity index is 849. The molecule has 1 atom stereocenters. The Morgan fingerprint density at radius 2 is 2.04 bits per heavy atom. The molecule has 26 heavy (non-hydrogen) atoms. The summed E-state index contributed by atoms with van der Waals surface area (Å²) in [6, 6.07) is 13.9. The van der Waals surface area contributed by atoms with E-state index in [1.54, 1.807) is 56.5 Å². The van der Waals surface area contributed by atoms with Crippen LogP contribution in [0.3, 0.4) is 0 Å². The van der Waals surface area contributed by atoms with Crippen LogP contribution in [0.1, 0.15) is 30.9 Å². The molecule has 0 saturated heterocycles. The second-order valence-electron chi connectivity index (χ2n) is 6.39. The number of ether oxygens (including phenoxy) is 1. The van der Waals surface area contributed by atoms with Gasteiger partial charge >= 0.3 is 0 Å². The number of hydrazone groups is 1. The largest absolute Gasteiger partial charge is 0.508 e. The van der Waals surface area contributed by atoms with Gasteiger partial charge in [-0.05, 0) is 37.1 Å². The van der Waals surface area contributed by atoms with E-state index in [4.69, 9.17) is 4.74 Å². The van der Waals surface area contributed by atoms with E-state index in [-0.39, 0.29) is 24.5 Å². The molecular formula is C20H22N2O4. The zero-order chi connectivity index (χ0) is 18.7. The molecule has 0 spiro atoms. The van der Waals surface area contributed by atoms with Crippen LogP contribution in [0, 0.1) is 0 Å². The molecule has 3 rings (SSSR count). The summed E-state index contributed by atoms with van der Waals surface area (Å²) >= 11 is 0. The summed E-state index contributed by atoms with van der Waals surface area (Å²) in [6.07, 6.45) is 0.730. The second kappa shape index (κ2) is 7.17. The molecular weight excluding hydrogens is 332 g/mol. The number of carbonyl (C=O) groups excluding carboxylic acids is 1. The minimum atomic E-state index is -1.53. The number of hydrogen-bond donors (Lipinski definition) is 2. The Morgan fingerprint density at radius 3 is 2.77 bits per heavy atom. The Morgan fingerprint density at radius 1 is 1.27 bits per heavy atom. The lowest BCUT2D eigenvalue weighted by Gasteiger charge is -2.31. The maximum absolute atomic E-state index is 12.8. The Balaban J connectivity index is 1.81. The Hall–Kier alpha value is -2.86. The minimum absolute atomic E-state index is 0.126. The highest BCUT2D eigenvalue weighted by Gasteiger charge is 2.44. The van der Waals surface area contributed by atoms with E-state index >= 15 is 0 Å². The van der Waals surface area contributed by atoms with Crippen molar-refractivity contribution in [2.45, 2.75) is 31.9 Å². The molecule has 2 aromatic carbocycles. The van der Waals surface area contributed by atoms with Crippen molar-refractivity contribution in [1.29, 1.82) is 0 Å². The first-order valence-corrected chi connectivity index (χ1v) is 8.45. The lowest BCUT2D eigenvalue weighted by Crippen LogP contribution is -2.43. The second-order valence-corrected chi connectivity index (χ2v) is 6.39. The van der Waals surface area contributed by atoms with Gasteiger partial charge < -0.3 is 14.9 Å². The van der Waals surface area contributed by atoms with Gasteiger partial charge in [-0.2, -0.15) is 10.1 Å². The summed E-state index contributed by atoms with van der Waals surface area (Å²) in [5.41, 5.74) is 0.374. The molecule has 0 saturated carbocycles. The van der Waals surface area contributed by atoms with Gasteiger partial charge in [0.1, 0.15) is 11.5 Å². The summed E-state index contributed by atoms with van der Waals surface area (Å²) in [4.78, 5) is 12.8. The van der Waals surface area contributed by atoms with Crippen molar-refractivity contribution in [3.8, 4) is 11.5 Å². The monoisotopic (exact) mass is 354 g/mol. The van der Waals surface area contributed by atoms with Crippen LogP contribution in [-0.4, -0.2) is 34.0 Å². The van der Waals surface area contributed by atoms with Crippen molar-refractivity contribution in [2.24, 2.45) is 5.10 Å². The lowest BCUT2D eigenvalue weighted by molar-refractivity contribution is -0.157. The molecule has 1 heterocycles. The molecule has 6 nitrogen and oxygen atoms in total. The van der Waals surface area contributed by atoms with Gasteiger partial charge in [0, 0.05) is 24.1 Å². The van der Waals surface area contributed by atoms with Crippen LogP contribution >= 0.6 is 0 Å². The first-order valence-electron chi connectivity index (χ1n) is 8.45. The fourth-order valence-corrected chi connectivity index (χ4v) is 3.15. The predicted octanol–water partition coefficient (Wildman–Crippen LogP) is 2.79. The van der Waals surface area contributed by atoms with Crippen LogP contribution < -0.4 is 4.74 Å². The normalized spacial score (nSPS) is 19.3. The summed E-state index contributed by atoms with van der Waals surface area (Å²) in [6.45, 7) is 1.78. The van der Waals surface area contributed by atoms with Crippen molar-refractivity contribution in [3.05, 3.63) is 59.7 Å². The van der Waals surface area contributed by atoms with Gasteiger partial charge in [-0.15, -0.1) is 0 Å². The van der Waals surface area contributed by atoms with Gasteiger partial charge in [0.15, 0.2) is 5.72 Å². The highest BCUT2D eigenvalue weighted by Crippen LogP contribution is 2.37. The molecule has 0 aliphatic carbocycles. The van der Waals surface area contributed by atoms with Crippen molar-refractivity contribution >= 4 is 11.6 Å². The van der Waals surface area contributed by atoms with Gasteiger partial charge in [0.25, 0.3) is 0 Å². The first-order chi connectivity index (χ1) is 12.4. The van der Waals surface area contributed by atoms with E-state index < -0.39 is 5.72 Å². The standard InChI is InChI=1S/C20H22N2O4/c1-14-13-20(25,16-7-5-8-17(12-16)26-2)22(21-14)19(24)11-10-15-6-3-4-9-18(15)23/h3-9,12,23,25H,10-11,13H2,1-2H3/t20-/m0/s1. The van der Waals surface area contributed by atoms with E-state index in [1.807, 2.05) is 6.07 Å². The lowest BCUT2D eigenvalue weighted by atomic mass is 9.97. The number of nitrogens with zero attached hydrogens (tertiary/aromatic N) is 2. The molecule has 1 amide bonds. The predicted molar refractivity (Wildman–Crippen MR) is 97.9 cm³/mol. The van der Waals surface area contributed by atoms with Crippen LogP contribution in [0.2, 0.25) is 0 Å². The Labute approximate surface area is 152 Å². The number of aliphatic hydroxyl groups is 1. The summed E-state index contributed by atoms with van der Waals surface area (Å²) in [5.74, 6) is 0.446. The summed E-state index contributed by atoms with van der Waals surface area (Å²) in [5, 5.41) is 26.5. The molecule has 0 bridgehead atoms. The summed E-state index contributed by atoms with van der Waals surface area (Å²) in [7, 11) is 1.55. The average Bonchev–Trinajstić information content (AvgIpc) is 2.96. The number of benzene rings is 2. The molecule has 0 fully saturated rings. The number of methoxy groups -OCH3 is 1. The van der Waals surface area contributed by atoms with Gasteiger partial charge in [-0.3, -0.25) is 4.79 Å². The third-order valence-electron chi connectivity index (χ3n) is 4.49. The number of aromatic hydroxyl groups is 1. The van der Waals surface area contributed by atoms with Gasteiger partial charge in [0.2, 0.25) is 5.91 Å².